The zero-order valence-corrected chi connectivity index (χ0v) is 18.3. The maximum Gasteiger partial charge on any atom is 0.470 e. The molecule has 1 unspecified atom stereocenters. The molecular formula is C24H27O6P. The fourth-order valence-electron chi connectivity index (χ4n) is 3.42. The number of phosphoric acid groups is 1. The minimum absolute atomic E-state index is 0.232. The van der Waals surface area contributed by atoms with Crippen LogP contribution in [0.4, 0.5) is 0 Å². The normalized spacial score (nSPS) is 13.4. The van der Waals surface area contributed by atoms with E-state index in [4.69, 9.17) is 14.0 Å². The molecule has 0 saturated carbocycles. The predicted molar refractivity (Wildman–Crippen MR) is 119 cm³/mol. The third-order valence-electron chi connectivity index (χ3n) is 4.88. The van der Waals surface area contributed by atoms with Gasteiger partial charge in [0.1, 0.15) is 17.1 Å². The van der Waals surface area contributed by atoms with E-state index in [0.29, 0.717) is 24.3 Å². The molecule has 0 heterocycles. The van der Waals surface area contributed by atoms with Gasteiger partial charge in [0, 0.05) is 12.8 Å². The van der Waals surface area contributed by atoms with E-state index in [1.165, 1.54) is 0 Å². The molecule has 0 amide bonds. The van der Waals surface area contributed by atoms with Crippen LogP contribution < -0.4 is 9.47 Å². The van der Waals surface area contributed by atoms with Gasteiger partial charge in [-0.25, -0.2) is 4.57 Å². The van der Waals surface area contributed by atoms with Crippen molar-refractivity contribution in [2.45, 2.75) is 25.4 Å². The first-order valence-corrected chi connectivity index (χ1v) is 11.6. The van der Waals surface area contributed by atoms with E-state index in [0.717, 1.165) is 11.3 Å². The molecule has 0 radical (unpaired) electrons. The number of hydrogen-bond donors (Lipinski definition) is 2. The van der Waals surface area contributed by atoms with Gasteiger partial charge < -0.3 is 19.3 Å². The molecule has 7 heteroatoms. The molecule has 3 aromatic carbocycles. The Hall–Kier alpha value is -2.63. The van der Waals surface area contributed by atoms with Crippen LogP contribution in [0.1, 0.15) is 24.5 Å². The second-order valence-corrected chi connectivity index (χ2v) is 8.46. The van der Waals surface area contributed by atoms with E-state index < -0.39 is 13.4 Å². The van der Waals surface area contributed by atoms with Crippen molar-refractivity contribution in [2.24, 2.45) is 0 Å². The summed E-state index contributed by atoms with van der Waals surface area (Å²) in [6.07, 6.45) is 0.814. The quantitative estimate of drug-likeness (QED) is 0.402. The molecule has 0 saturated heterocycles. The summed E-state index contributed by atoms with van der Waals surface area (Å²) in [4.78, 5) is 19.1. The molecule has 0 aliphatic carbocycles. The summed E-state index contributed by atoms with van der Waals surface area (Å²) in [5, 5.41) is 0. The maximum absolute atomic E-state index is 11.8. The molecule has 0 aliphatic heterocycles. The van der Waals surface area contributed by atoms with Crippen LogP contribution in [0.15, 0.2) is 84.9 Å². The van der Waals surface area contributed by atoms with Gasteiger partial charge in [-0.3, -0.25) is 4.52 Å². The van der Waals surface area contributed by atoms with E-state index in [-0.39, 0.29) is 13.0 Å². The van der Waals surface area contributed by atoms with Gasteiger partial charge in [0.2, 0.25) is 0 Å². The summed E-state index contributed by atoms with van der Waals surface area (Å²) in [5.41, 5.74) is 0.359. The van der Waals surface area contributed by atoms with E-state index in [1.807, 2.05) is 84.9 Å². The second kappa shape index (κ2) is 10.6. The number of phosphoric ester groups is 1. The van der Waals surface area contributed by atoms with Crippen LogP contribution in [0.3, 0.4) is 0 Å². The van der Waals surface area contributed by atoms with E-state index in [2.05, 4.69) is 0 Å². The number of hydrogen-bond acceptors (Lipinski definition) is 4. The lowest BCUT2D eigenvalue weighted by molar-refractivity contribution is 0.0270. The molecule has 0 fully saturated rings. The van der Waals surface area contributed by atoms with Gasteiger partial charge in [-0.1, -0.05) is 60.7 Å². The molecule has 6 nitrogen and oxygen atoms in total. The molecule has 31 heavy (non-hydrogen) atoms. The summed E-state index contributed by atoms with van der Waals surface area (Å²) < 4.78 is 28.6. The van der Waals surface area contributed by atoms with Crippen LogP contribution in [0.2, 0.25) is 0 Å². The fourth-order valence-corrected chi connectivity index (χ4v) is 4.14. The first-order valence-electron chi connectivity index (χ1n) is 10.1. The number of para-hydroxylation sites is 2. The summed E-state index contributed by atoms with van der Waals surface area (Å²) in [6, 6.07) is 26.2. The Balaban J connectivity index is 1.75. The Morgan fingerprint density at radius 3 is 1.87 bits per heavy atom. The average Bonchev–Trinajstić information content (AvgIpc) is 2.74. The van der Waals surface area contributed by atoms with Crippen molar-refractivity contribution in [3.05, 3.63) is 96.1 Å². The third-order valence-corrected chi connectivity index (χ3v) is 5.52. The molecule has 0 bridgehead atoms. The van der Waals surface area contributed by atoms with E-state index in [9.17, 15) is 14.4 Å². The fraction of sp³-hybridized carbons (Fsp3) is 0.250. The zero-order valence-electron chi connectivity index (χ0n) is 17.4. The number of ether oxygens (including phenoxy) is 2. The van der Waals surface area contributed by atoms with Gasteiger partial charge in [-0.2, -0.15) is 0 Å². The van der Waals surface area contributed by atoms with Crippen molar-refractivity contribution in [3.8, 4) is 11.5 Å². The van der Waals surface area contributed by atoms with Gasteiger partial charge >= 0.3 is 7.82 Å². The maximum atomic E-state index is 11.8. The van der Waals surface area contributed by atoms with Crippen molar-refractivity contribution < 1.29 is 28.3 Å². The Morgan fingerprint density at radius 1 is 0.774 bits per heavy atom. The molecule has 3 rings (SSSR count). The van der Waals surface area contributed by atoms with Crippen LogP contribution in [-0.2, 0) is 21.1 Å². The first-order chi connectivity index (χ1) is 14.9. The standard InChI is InChI=1S/C24H27O6P/c1-24(30-31(25,26)27,17-19-29-22-13-6-3-7-14-22)23-15-9-8-10-20(23)16-18-28-21-11-4-2-5-12-21/h2-15H,16-19H2,1H3,(H2,25,26,27). The van der Waals surface area contributed by atoms with Gasteiger partial charge in [0.15, 0.2) is 0 Å². The van der Waals surface area contributed by atoms with Gasteiger partial charge in [0.25, 0.3) is 0 Å². The zero-order chi connectivity index (χ0) is 22.2. The molecule has 3 aromatic rings. The smallest absolute Gasteiger partial charge is 0.470 e. The predicted octanol–water partition coefficient (Wildman–Crippen LogP) is 5.10. The van der Waals surface area contributed by atoms with Crippen LogP contribution in [0.25, 0.3) is 0 Å². The Labute approximate surface area is 182 Å². The van der Waals surface area contributed by atoms with Gasteiger partial charge in [0.05, 0.1) is 13.2 Å². The minimum atomic E-state index is -4.75. The Morgan fingerprint density at radius 2 is 1.29 bits per heavy atom. The Bertz CT molecular complexity index is 989. The highest BCUT2D eigenvalue weighted by Crippen LogP contribution is 2.47. The number of benzene rings is 3. The average molecular weight is 442 g/mol. The van der Waals surface area contributed by atoms with Crippen LogP contribution in [0, 0.1) is 0 Å². The van der Waals surface area contributed by atoms with Gasteiger partial charge in [-0.05, 0) is 42.3 Å². The lowest BCUT2D eigenvalue weighted by atomic mass is 9.88. The van der Waals surface area contributed by atoms with Crippen LogP contribution in [0.5, 0.6) is 11.5 Å². The van der Waals surface area contributed by atoms with Gasteiger partial charge in [-0.15, -0.1) is 0 Å². The molecule has 0 aliphatic rings. The van der Waals surface area contributed by atoms with Crippen LogP contribution >= 0.6 is 7.82 Å². The number of rotatable bonds is 11. The molecule has 0 aromatic heterocycles. The monoisotopic (exact) mass is 442 g/mol. The molecule has 164 valence electrons. The van der Waals surface area contributed by atoms with Crippen molar-refractivity contribution in [1.29, 1.82) is 0 Å². The minimum Gasteiger partial charge on any atom is -0.493 e. The van der Waals surface area contributed by atoms with E-state index in [1.54, 1.807) is 6.92 Å². The van der Waals surface area contributed by atoms with Crippen molar-refractivity contribution in [2.75, 3.05) is 13.2 Å². The third kappa shape index (κ3) is 7.23. The topological polar surface area (TPSA) is 85.2 Å². The Kier molecular flexibility index (Phi) is 7.88. The van der Waals surface area contributed by atoms with Crippen LogP contribution in [-0.4, -0.2) is 23.0 Å². The highest BCUT2D eigenvalue weighted by atomic mass is 31.2. The lowest BCUT2D eigenvalue weighted by Crippen LogP contribution is -2.29. The summed E-state index contributed by atoms with van der Waals surface area (Å²) in [7, 11) is -4.75. The van der Waals surface area contributed by atoms with E-state index >= 15 is 0 Å². The first kappa shape index (κ1) is 23.0. The molecule has 2 N–H and O–H groups in total. The lowest BCUT2D eigenvalue weighted by Gasteiger charge is -2.32. The highest BCUT2D eigenvalue weighted by molar-refractivity contribution is 7.46. The summed E-state index contributed by atoms with van der Waals surface area (Å²) >= 11 is 0. The SMILES string of the molecule is CC(CCOc1ccccc1)(OP(=O)(O)O)c1ccccc1CCOc1ccccc1. The van der Waals surface area contributed by atoms with Crippen molar-refractivity contribution in [1.82, 2.24) is 0 Å². The molecular weight excluding hydrogens is 415 g/mol. The summed E-state index contributed by atoms with van der Waals surface area (Å²) in [5.74, 6) is 1.45. The highest BCUT2D eigenvalue weighted by Gasteiger charge is 2.36. The summed E-state index contributed by atoms with van der Waals surface area (Å²) in [6.45, 7) is 2.33. The molecule has 0 spiro atoms. The largest absolute Gasteiger partial charge is 0.493 e. The van der Waals surface area contributed by atoms with Crippen molar-refractivity contribution >= 4 is 7.82 Å². The second-order valence-electron chi connectivity index (χ2n) is 7.29. The van der Waals surface area contributed by atoms with Crippen molar-refractivity contribution in [3.63, 3.8) is 0 Å². The molecule has 1 atom stereocenters.